The van der Waals surface area contributed by atoms with Gasteiger partial charge in [0.25, 0.3) is 0 Å². The van der Waals surface area contributed by atoms with Crippen LogP contribution in [0, 0.1) is 5.82 Å². The maximum Gasteiger partial charge on any atom is 0.123 e. The minimum atomic E-state index is -0.227. The van der Waals surface area contributed by atoms with E-state index in [1.807, 2.05) is 0 Å². The molecule has 1 aromatic rings. The highest BCUT2D eigenvalue weighted by Gasteiger charge is 1.97. The van der Waals surface area contributed by atoms with Gasteiger partial charge in [0.1, 0.15) is 11.6 Å². The monoisotopic (exact) mass is 225 g/mol. The van der Waals surface area contributed by atoms with E-state index in [1.165, 1.54) is 18.6 Å². The lowest BCUT2D eigenvalue weighted by Gasteiger charge is -2.15. The quantitative estimate of drug-likeness (QED) is 0.661. The van der Waals surface area contributed by atoms with Crippen molar-refractivity contribution in [1.82, 2.24) is 4.90 Å². The van der Waals surface area contributed by atoms with E-state index < -0.39 is 0 Å². The van der Waals surface area contributed by atoms with Crippen LogP contribution in [0.15, 0.2) is 24.3 Å². The average molecular weight is 225 g/mol. The number of nitrogens with zero attached hydrogens (tertiary/aromatic N) is 1. The highest BCUT2D eigenvalue weighted by Crippen LogP contribution is 2.11. The Bertz CT molecular complexity index is 286. The molecule has 0 saturated heterocycles. The second-order valence-corrected chi connectivity index (χ2v) is 3.96. The van der Waals surface area contributed by atoms with E-state index in [1.54, 1.807) is 12.1 Å². The predicted molar refractivity (Wildman–Crippen MR) is 64.3 cm³/mol. The zero-order chi connectivity index (χ0) is 11.8. The van der Waals surface area contributed by atoms with E-state index >= 15 is 0 Å². The van der Waals surface area contributed by atoms with Gasteiger partial charge in [-0.1, -0.05) is 6.92 Å². The molecule has 0 aromatic heterocycles. The predicted octanol–water partition coefficient (Wildman–Crippen LogP) is 2.94. The van der Waals surface area contributed by atoms with Crippen molar-refractivity contribution >= 4 is 0 Å². The molecule has 3 heteroatoms. The largest absolute Gasteiger partial charge is 0.494 e. The molecular formula is C13H20FNO. The van der Waals surface area contributed by atoms with Gasteiger partial charge in [0.2, 0.25) is 0 Å². The number of hydrogen-bond donors (Lipinski definition) is 0. The molecule has 1 aromatic carbocycles. The summed E-state index contributed by atoms with van der Waals surface area (Å²) < 4.78 is 18.1. The highest BCUT2D eigenvalue weighted by atomic mass is 19.1. The Morgan fingerprint density at radius 3 is 2.50 bits per heavy atom. The van der Waals surface area contributed by atoms with E-state index in [4.69, 9.17) is 4.74 Å². The zero-order valence-corrected chi connectivity index (χ0v) is 10.1. The standard InChI is InChI=1S/C13H20FNO/c1-3-9-15(2)10-4-11-16-13-7-5-12(14)6-8-13/h5-8H,3-4,9-11H2,1-2H3. The summed E-state index contributed by atoms with van der Waals surface area (Å²) >= 11 is 0. The van der Waals surface area contributed by atoms with Crippen molar-refractivity contribution in [2.75, 3.05) is 26.7 Å². The minimum absolute atomic E-state index is 0.227. The van der Waals surface area contributed by atoms with Crippen LogP contribution in [0.1, 0.15) is 19.8 Å². The van der Waals surface area contributed by atoms with Gasteiger partial charge in [0.15, 0.2) is 0 Å². The Kier molecular flexibility index (Phi) is 5.86. The van der Waals surface area contributed by atoms with E-state index in [2.05, 4.69) is 18.9 Å². The second kappa shape index (κ2) is 7.23. The van der Waals surface area contributed by atoms with Gasteiger partial charge < -0.3 is 9.64 Å². The molecule has 0 atom stereocenters. The van der Waals surface area contributed by atoms with Crippen LogP contribution >= 0.6 is 0 Å². The number of ether oxygens (including phenoxy) is 1. The Hall–Kier alpha value is -1.09. The number of hydrogen-bond acceptors (Lipinski definition) is 2. The molecule has 0 fully saturated rings. The molecule has 0 aliphatic rings. The summed E-state index contributed by atoms with van der Waals surface area (Å²) in [5.74, 6) is 0.509. The summed E-state index contributed by atoms with van der Waals surface area (Å²) in [5.41, 5.74) is 0. The van der Waals surface area contributed by atoms with E-state index in [0.717, 1.165) is 25.3 Å². The molecule has 0 N–H and O–H groups in total. The average Bonchev–Trinajstić information content (AvgIpc) is 2.27. The van der Waals surface area contributed by atoms with Crippen LogP contribution in [-0.4, -0.2) is 31.6 Å². The fourth-order valence-corrected chi connectivity index (χ4v) is 1.55. The van der Waals surface area contributed by atoms with Crippen molar-refractivity contribution in [3.8, 4) is 5.75 Å². The molecule has 0 unspecified atom stereocenters. The van der Waals surface area contributed by atoms with E-state index in [9.17, 15) is 4.39 Å². The molecule has 90 valence electrons. The summed E-state index contributed by atoms with van der Waals surface area (Å²) in [4.78, 5) is 2.29. The Morgan fingerprint density at radius 1 is 1.19 bits per heavy atom. The molecule has 0 aliphatic heterocycles. The van der Waals surface area contributed by atoms with Crippen LogP contribution in [0.3, 0.4) is 0 Å². The van der Waals surface area contributed by atoms with E-state index in [-0.39, 0.29) is 5.82 Å². The van der Waals surface area contributed by atoms with Gasteiger partial charge in [0, 0.05) is 6.54 Å². The van der Waals surface area contributed by atoms with Crippen molar-refractivity contribution in [3.05, 3.63) is 30.1 Å². The van der Waals surface area contributed by atoms with Gasteiger partial charge in [-0.15, -0.1) is 0 Å². The third kappa shape index (κ3) is 5.12. The summed E-state index contributed by atoms with van der Waals surface area (Å²) in [6.45, 7) is 5.01. The smallest absolute Gasteiger partial charge is 0.123 e. The maximum atomic E-state index is 12.6. The van der Waals surface area contributed by atoms with Crippen LogP contribution < -0.4 is 4.74 Å². The lowest BCUT2D eigenvalue weighted by molar-refractivity contribution is 0.262. The first-order valence-corrected chi connectivity index (χ1v) is 5.79. The van der Waals surface area contributed by atoms with Gasteiger partial charge in [-0.2, -0.15) is 0 Å². The van der Waals surface area contributed by atoms with Crippen LogP contribution in [0.25, 0.3) is 0 Å². The second-order valence-electron chi connectivity index (χ2n) is 3.96. The van der Waals surface area contributed by atoms with Crippen LogP contribution in [0.4, 0.5) is 4.39 Å². The van der Waals surface area contributed by atoms with Gasteiger partial charge in [0.05, 0.1) is 6.61 Å². The summed E-state index contributed by atoms with van der Waals surface area (Å²) in [7, 11) is 2.11. The van der Waals surface area contributed by atoms with E-state index in [0.29, 0.717) is 6.61 Å². The molecule has 0 amide bonds. The number of benzene rings is 1. The van der Waals surface area contributed by atoms with Gasteiger partial charge in [-0.3, -0.25) is 0 Å². The topological polar surface area (TPSA) is 12.5 Å². The van der Waals surface area contributed by atoms with Gasteiger partial charge in [-0.05, 0) is 50.7 Å². The third-order valence-electron chi connectivity index (χ3n) is 2.37. The summed E-state index contributed by atoms with van der Waals surface area (Å²) in [5, 5.41) is 0. The van der Waals surface area contributed by atoms with Crippen LogP contribution in [0.2, 0.25) is 0 Å². The van der Waals surface area contributed by atoms with Crippen molar-refractivity contribution in [3.63, 3.8) is 0 Å². The first kappa shape index (κ1) is 13.0. The molecule has 0 spiro atoms. The van der Waals surface area contributed by atoms with Crippen LogP contribution in [-0.2, 0) is 0 Å². The van der Waals surface area contributed by atoms with Crippen molar-refractivity contribution in [1.29, 1.82) is 0 Å². The molecule has 2 nitrogen and oxygen atoms in total. The summed E-state index contributed by atoms with van der Waals surface area (Å²) in [6.07, 6.45) is 2.17. The highest BCUT2D eigenvalue weighted by molar-refractivity contribution is 5.21. The van der Waals surface area contributed by atoms with Crippen molar-refractivity contribution in [2.24, 2.45) is 0 Å². The SMILES string of the molecule is CCCN(C)CCCOc1ccc(F)cc1. The third-order valence-corrected chi connectivity index (χ3v) is 2.37. The molecule has 16 heavy (non-hydrogen) atoms. The zero-order valence-electron chi connectivity index (χ0n) is 10.1. The minimum Gasteiger partial charge on any atom is -0.494 e. The molecular weight excluding hydrogens is 205 g/mol. The van der Waals surface area contributed by atoms with Crippen molar-refractivity contribution < 1.29 is 9.13 Å². The molecule has 0 radical (unpaired) electrons. The van der Waals surface area contributed by atoms with Crippen LogP contribution in [0.5, 0.6) is 5.75 Å². The first-order valence-electron chi connectivity index (χ1n) is 5.79. The summed E-state index contributed by atoms with van der Waals surface area (Å²) in [6, 6.07) is 6.15. The molecule has 0 heterocycles. The number of rotatable bonds is 7. The maximum absolute atomic E-state index is 12.6. The lowest BCUT2D eigenvalue weighted by atomic mass is 10.3. The fourth-order valence-electron chi connectivity index (χ4n) is 1.55. The molecule has 0 aliphatic carbocycles. The van der Waals surface area contributed by atoms with Gasteiger partial charge >= 0.3 is 0 Å². The van der Waals surface area contributed by atoms with Crippen molar-refractivity contribution in [2.45, 2.75) is 19.8 Å². The molecule has 0 saturated carbocycles. The fraction of sp³-hybridized carbons (Fsp3) is 0.538. The Morgan fingerprint density at radius 2 is 1.88 bits per heavy atom. The Labute approximate surface area is 97.0 Å². The lowest BCUT2D eigenvalue weighted by Crippen LogP contribution is -2.21. The van der Waals surface area contributed by atoms with Gasteiger partial charge in [-0.25, -0.2) is 4.39 Å². The molecule has 0 bridgehead atoms. The first-order chi connectivity index (χ1) is 7.72. The molecule has 1 rings (SSSR count). The Balaban J connectivity index is 2.13. The normalized spacial score (nSPS) is 10.8. The number of halogens is 1.